The van der Waals surface area contributed by atoms with Gasteiger partial charge in [-0.2, -0.15) is 13.2 Å². The van der Waals surface area contributed by atoms with E-state index in [1.807, 2.05) is 0 Å². The Morgan fingerprint density at radius 3 is 2.05 bits per heavy atom. The molecule has 0 aromatic heterocycles. The predicted octanol–water partition coefficient (Wildman–Crippen LogP) is 5.25. The average Bonchev–Trinajstić information content (AvgIpc) is 2.45. The minimum Gasteiger partial charge on any atom is -0.289 e. The average molecular weight is 311 g/mol. The fraction of sp³-hybridized carbons (Fsp3) is 0.0625. The van der Waals surface area contributed by atoms with Crippen LogP contribution in [0.5, 0.6) is 0 Å². The van der Waals surface area contributed by atoms with Gasteiger partial charge in [-0.15, -0.1) is 0 Å². The number of carbonyl (C=O) groups excluding carboxylic acids is 1. The molecular formula is C16H10ClF3O. The molecule has 0 heterocycles. The van der Waals surface area contributed by atoms with Crippen LogP contribution in [0.25, 0.3) is 6.08 Å². The van der Waals surface area contributed by atoms with Gasteiger partial charge in [0.05, 0.1) is 5.56 Å². The minimum atomic E-state index is -4.36. The number of rotatable bonds is 3. The number of hydrogen-bond acceptors (Lipinski definition) is 1. The number of carbonyl (C=O) groups is 1. The van der Waals surface area contributed by atoms with Crippen LogP contribution in [0, 0.1) is 0 Å². The van der Waals surface area contributed by atoms with Crippen molar-refractivity contribution < 1.29 is 18.0 Å². The van der Waals surface area contributed by atoms with Crippen LogP contribution < -0.4 is 0 Å². The van der Waals surface area contributed by atoms with E-state index in [4.69, 9.17) is 11.6 Å². The van der Waals surface area contributed by atoms with Crippen molar-refractivity contribution in [2.45, 2.75) is 6.18 Å². The lowest BCUT2D eigenvalue weighted by Crippen LogP contribution is -2.04. The van der Waals surface area contributed by atoms with E-state index in [0.29, 0.717) is 16.1 Å². The Hall–Kier alpha value is -2.07. The Labute approximate surface area is 124 Å². The van der Waals surface area contributed by atoms with Crippen LogP contribution in [0.1, 0.15) is 21.5 Å². The minimum absolute atomic E-state index is 0.244. The van der Waals surface area contributed by atoms with E-state index in [1.165, 1.54) is 24.3 Å². The lowest BCUT2D eigenvalue weighted by atomic mass is 10.1. The van der Waals surface area contributed by atoms with Crippen molar-refractivity contribution in [2.75, 3.05) is 0 Å². The molecule has 0 N–H and O–H groups in total. The first-order chi connectivity index (χ1) is 9.86. The Morgan fingerprint density at radius 1 is 0.952 bits per heavy atom. The first kappa shape index (κ1) is 15.3. The van der Waals surface area contributed by atoms with E-state index in [2.05, 4.69) is 0 Å². The molecule has 0 aliphatic rings. The van der Waals surface area contributed by atoms with Gasteiger partial charge in [0, 0.05) is 10.6 Å². The summed E-state index contributed by atoms with van der Waals surface area (Å²) in [4.78, 5) is 11.8. The maximum absolute atomic E-state index is 12.4. The first-order valence-electron chi connectivity index (χ1n) is 6.01. The first-order valence-corrected chi connectivity index (χ1v) is 6.39. The zero-order valence-corrected chi connectivity index (χ0v) is 11.4. The molecule has 0 aliphatic heterocycles. The van der Waals surface area contributed by atoms with E-state index < -0.39 is 11.7 Å². The number of alkyl halides is 3. The third-order valence-electron chi connectivity index (χ3n) is 2.79. The van der Waals surface area contributed by atoms with E-state index in [1.54, 1.807) is 24.3 Å². The molecule has 0 aliphatic carbocycles. The molecule has 2 rings (SSSR count). The van der Waals surface area contributed by atoms with Gasteiger partial charge < -0.3 is 0 Å². The highest BCUT2D eigenvalue weighted by atomic mass is 35.5. The van der Waals surface area contributed by atoms with Crippen molar-refractivity contribution in [1.82, 2.24) is 0 Å². The summed E-state index contributed by atoms with van der Waals surface area (Å²) in [7, 11) is 0. The number of halogens is 4. The van der Waals surface area contributed by atoms with Crippen molar-refractivity contribution in [1.29, 1.82) is 0 Å². The normalized spacial score (nSPS) is 11.8. The molecule has 2 aromatic carbocycles. The van der Waals surface area contributed by atoms with Crippen LogP contribution in [0.3, 0.4) is 0 Å². The van der Waals surface area contributed by atoms with Gasteiger partial charge >= 0.3 is 6.18 Å². The highest BCUT2D eigenvalue weighted by Crippen LogP contribution is 2.29. The van der Waals surface area contributed by atoms with Crippen LogP contribution in [0.2, 0.25) is 5.02 Å². The molecule has 0 spiro atoms. The molecule has 2 aromatic rings. The second-order valence-corrected chi connectivity index (χ2v) is 4.76. The van der Waals surface area contributed by atoms with Gasteiger partial charge in [0.15, 0.2) is 5.78 Å². The molecule has 108 valence electrons. The summed E-state index contributed by atoms with van der Waals surface area (Å²) in [6, 6.07) is 11.0. The van der Waals surface area contributed by atoms with Crippen LogP contribution in [0.15, 0.2) is 54.6 Å². The van der Waals surface area contributed by atoms with Crippen LogP contribution in [-0.2, 0) is 6.18 Å². The second kappa shape index (κ2) is 6.14. The number of hydrogen-bond donors (Lipinski definition) is 0. The second-order valence-electron chi connectivity index (χ2n) is 4.32. The Balaban J connectivity index is 2.10. The maximum atomic E-state index is 12.4. The standard InChI is InChI=1S/C16H10ClF3O/c17-14-8-4-12(5-9-14)15(21)10-3-11-1-6-13(7-2-11)16(18,19)20/h1-10H/b10-3-. The zero-order valence-electron chi connectivity index (χ0n) is 10.7. The molecule has 5 heteroatoms. The molecule has 0 saturated carbocycles. The zero-order chi connectivity index (χ0) is 15.5. The van der Waals surface area contributed by atoms with E-state index in [-0.39, 0.29) is 5.78 Å². The van der Waals surface area contributed by atoms with Gasteiger partial charge in [0.1, 0.15) is 0 Å². The van der Waals surface area contributed by atoms with Gasteiger partial charge in [-0.3, -0.25) is 4.79 Å². The lowest BCUT2D eigenvalue weighted by molar-refractivity contribution is -0.137. The van der Waals surface area contributed by atoms with Gasteiger partial charge in [-0.05, 0) is 48.0 Å². The molecule has 0 amide bonds. The van der Waals surface area contributed by atoms with Gasteiger partial charge in [0.2, 0.25) is 0 Å². The van der Waals surface area contributed by atoms with Crippen molar-refractivity contribution >= 4 is 23.5 Å². The largest absolute Gasteiger partial charge is 0.416 e. The molecule has 21 heavy (non-hydrogen) atoms. The molecule has 0 atom stereocenters. The van der Waals surface area contributed by atoms with Crippen LogP contribution in [0.4, 0.5) is 13.2 Å². The highest BCUT2D eigenvalue weighted by molar-refractivity contribution is 6.30. The summed E-state index contributed by atoms with van der Waals surface area (Å²) in [5.41, 5.74) is 0.261. The van der Waals surface area contributed by atoms with Crippen LogP contribution in [-0.4, -0.2) is 5.78 Å². The quantitative estimate of drug-likeness (QED) is 0.558. The third kappa shape index (κ3) is 4.20. The molecule has 0 bridgehead atoms. The monoisotopic (exact) mass is 310 g/mol. The topological polar surface area (TPSA) is 17.1 Å². The Morgan fingerprint density at radius 2 is 1.52 bits per heavy atom. The highest BCUT2D eigenvalue weighted by Gasteiger charge is 2.29. The fourth-order valence-corrected chi connectivity index (χ4v) is 1.79. The molecule has 0 fully saturated rings. The molecule has 1 nitrogen and oxygen atoms in total. The smallest absolute Gasteiger partial charge is 0.289 e. The van der Waals surface area contributed by atoms with Gasteiger partial charge in [0.25, 0.3) is 0 Å². The van der Waals surface area contributed by atoms with Gasteiger partial charge in [-0.25, -0.2) is 0 Å². The SMILES string of the molecule is O=C(/C=C\c1ccc(C(F)(F)F)cc1)c1ccc(Cl)cc1. The summed E-state index contributed by atoms with van der Waals surface area (Å²) in [6.45, 7) is 0. The predicted molar refractivity (Wildman–Crippen MR) is 76.3 cm³/mol. The van der Waals surface area contributed by atoms with Crippen molar-refractivity contribution in [3.05, 3.63) is 76.3 Å². The molecule has 0 unspecified atom stereocenters. The maximum Gasteiger partial charge on any atom is 0.416 e. The van der Waals surface area contributed by atoms with E-state index in [0.717, 1.165) is 12.1 Å². The van der Waals surface area contributed by atoms with Gasteiger partial charge in [-0.1, -0.05) is 29.8 Å². The lowest BCUT2D eigenvalue weighted by Gasteiger charge is -2.05. The summed E-state index contributed by atoms with van der Waals surface area (Å²) in [5.74, 6) is -0.244. The third-order valence-corrected chi connectivity index (χ3v) is 3.05. The Kier molecular flexibility index (Phi) is 4.48. The van der Waals surface area contributed by atoms with Crippen LogP contribution >= 0.6 is 11.6 Å². The summed E-state index contributed by atoms with van der Waals surface area (Å²) >= 11 is 5.72. The van der Waals surface area contributed by atoms with Crippen molar-refractivity contribution in [2.24, 2.45) is 0 Å². The van der Waals surface area contributed by atoms with Crippen molar-refractivity contribution in [3.63, 3.8) is 0 Å². The molecule has 0 saturated heterocycles. The van der Waals surface area contributed by atoms with E-state index in [9.17, 15) is 18.0 Å². The number of ketones is 1. The molecular weight excluding hydrogens is 301 g/mol. The number of benzene rings is 2. The van der Waals surface area contributed by atoms with Crippen molar-refractivity contribution in [3.8, 4) is 0 Å². The Bertz CT molecular complexity index is 655. The summed E-state index contributed by atoms with van der Waals surface area (Å²) < 4.78 is 37.2. The number of allylic oxidation sites excluding steroid dienone is 1. The summed E-state index contributed by atoms with van der Waals surface area (Å²) in [6.07, 6.45) is -1.58. The summed E-state index contributed by atoms with van der Waals surface area (Å²) in [5, 5.41) is 0.526. The fourth-order valence-electron chi connectivity index (χ4n) is 1.67. The van der Waals surface area contributed by atoms with E-state index >= 15 is 0 Å². The molecule has 0 radical (unpaired) electrons.